The Kier molecular flexibility index (Phi) is 7.26. The summed E-state index contributed by atoms with van der Waals surface area (Å²) in [6.45, 7) is 0.861. The van der Waals surface area contributed by atoms with E-state index in [9.17, 15) is 18.0 Å². The number of rotatable bonds is 6. The van der Waals surface area contributed by atoms with Crippen molar-refractivity contribution in [3.63, 3.8) is 0 Å². The molecule has 7 heteroatoms. The highest BCUT2D eigenvalue weighted by Crippen LogP contribution is 2.37. The van der Waals surface area contributed by atoms with Crippen molar-refractivity contribution < 1.29 is 18.0 Å². The van der Waals surface area contributed by atoms with E-state index in [1.54, 1.807) is 0 Å². The largest absolute Gasteiger partial charge is 0.349 e. The monoisotopic (exact) mass is 416 g/mol. The van der Waals surface area contributed by atoms with Crippen LogP contribution < -0.4 is 10.6 Å². The van der Waals surface area contributed by atoms with Gasteiger partial charge < -0.3 is 10.6 Å². The van der Waals surface area contributed by atoms with Crippen LogP contribution in [0, 0.1) is 11.7 Å². The number of hydrogen-bond donors (Lipinski definition) is 2. The molecule has 0 atom stereocenters. The van der Waals surface area contributed by atoms with Gasteiger partial charge in [0.25, 0.3) is 5.91 Å². The van der Waals surface area contributed by atoms with E-state index < -0.39 is 11.7 Å². The number of carbonyl (C=O) groups is 1. The second kappa shape index (κ2) is 9.49. The number of hydrogen-bond acceptors (Lipinski definition) is 2. The smallest absolute Gasteiger partial charge is 0.251 e. The van der Waals surface area contributed by atoms with Gasteiger partial charge in [-0.1, -0.05) is 11.6 Å². The van der Waals surface area contributed by atoms with Gasteiger partial charge in [-0.15, -0.1) is 0 Å². The van der Waals surface area contributed by atoms with Gasteiger partial charge >= 0.3 is 0 Å². The highest BCUT2D eigenvalue weighted by atomic mass is 35.5. The first kappa shape index (κ1) is 21.4. The topological polar surface area (TPSA) is 41.1 Å². The SMILES string of the molecule is O=C(NC1CCC(NCCC2CCC(F)(F)CC2)CC1)c1cc(F)cc(Cl)c1. The third-order valence-electron chi connectivity index (χ3n) is 6.01. The summed E-state index contributed by atoms with van der Waals surface area (Å²) in [6.07, 6.45) is 5.89. The molecule has 0 bridgehead atoms. The van der Waals surface area contributed by atoms with Crippen LogP contribution in [0.2, 0.25) is 5.02 Å². The summed E-state index contributed by atoms with van der Waals surface area (Å²) in [6, 6.07) is 4.31. The van der Waals surface area contributed by atoms with Crippen molar-refractivity contribution in [2.24, 2.45) is 5.92 Å². The Morgan fingerprint density at radius 3 is 2.32 bits per heavy atom. The normalized spacial score (nSPS) is 25.4. The van der Waals surface area contributed by atoms with Gasteiger partial charge in [0.1, 0.15) is 5.82 Å². The molecule has 2 fully saturated rings. The molecular formula is C21H28ClF3N2O. The highest BCUT2D eigenvalue weighted by Gasteiger charge is 2.34. The van der Waals surface area contributed by atoms with Gasteiger partial charge in [-0.25, -0.2) is 13.2 Å². The molecule has 3 nitrogen and oxygen atoms in total. The van der Waals surface area contributed by atoms with E-state index >= 15 is 0 Å². The maximum absolute atomic E-state index is 13.4. The fourth-order valence-corrected chi connectivity index (χ4v) is 4.50. The molecule has 0 aromatic heterocycles. The van der Waals surface area contributed by atoms with Gasteiger partial charge in [-0.3, -0.25) is 4.79 Å². The zero-order chi connectivity index (χ0) is 20.1. The quantitative estimate of drug-likeness (QED) is 0.658. The summed E-state index contributed by atoms with van der Waals surface area (Å²) in [7, 11) is 0. The Bertz CT molecular complexity index is 647. The van der Waals surface area contributed by atoms with Crippen LogP contribution in [0.5, 0.6) is 0 Å². The van der Waals surface area contributed by atoms with E-state index in [-0.39, 0.29) is 35.4 Å². The maximum atomic E-state index is 13.4. The van der Waals surface area contributed by atoms with Crippen molar-refractivity contribution in [1.29, 1.82) is 0 Å². The third-order valence-corrected chi connectivity index (χ3v) is 6.23. The van der Waals surface area contributed by atoms with Crippen molar-refractivity contribution in [3.8, 4) is 0 Å². The number of amides is 1. The van der Waals surface area contributed by atoms with Crippen molar-refractivity contribution in [2.75, 3.05) is 6.54 Å². The molecule has 2 aliphatic rings. The molecule has 2 aliphatic carbocycles. The van der Waals surface area contributed by atoms with Crippen LogP contribution in [0.25, 0.3) is 0 Å². The van der Waals surface area contributed by atoms with Gasteiger partial charge in [0.15, 0.2) is 0 Å². The second-order valence-electron chi connectivity index (χ2n) is 8.22. The van der Waals surface area contributed by atoms with Crippen LogP contribution >= 0.6 is 11.6 Å². The molecule has 3 rings (SSSR count). The molecule has 28 heavy (non-hydrogen) atoms. The van der Waals surface area contributed by atoms with Gasteiger partial charge in [0, 0.05) is 35.5 Å². The summed E-state index contributed by atoms with van der Waals surface area (Å²) in [4.78, 5) is 12.3. The lowest BCUT2D eigenvalue weighted by Crippen LogP contribution is -2.42. The molecule has 0 radical (unpaired) electrons. The van der Waals surface area contributed by atoms with Crippen LogP contribution in [-0.2, 0) is 0 Å². The predicted octanol–water partition coefficient (Wildman–Crippen LogP) is 5.33. The van der Waals surface area contributed by atoms with Crippen molar-refractivity contribution in [1.82, 2.24) is 10.6 Å². The number of alkyl halides is 2. The maximum Gasteiger partial charge on any atom is 0.251 e. The summed E-state index contributed by atoms with van der Waals surface area (Å²) >= 11 is 5.81. The zero-order valence-electron chi connectivity index (χ0n) is 16.0. The third kappa shape index (κ3) is 6.38. The lowest BCUT2D eigenvalue weighted by molar-refractivity contribution is -0.0464. The molecule has 2 N–H and O–H groups in total. The van der Waals surface area contributed by atoms with E-state index in [4.69, 9.17) is 11.6 Å². The van der Waals surface area contributed by atoms with E-state index in [1.165, 1.54) is 18.2 Å². The number of nitrogens with one attached hydrogen (secondary N) is 2. The molecule has 0 spiro atoms. The van der Waals surface area contributed by atoms with Crippen LogP contribution in [0.15, 0.2) is 18.2 Å². The van der Waals surface area contributed by atoms with Crippen LogP contribution in [0.1, 0.15) is 68.1 Å². The molecule has 0 unspecified atom stereocenters. The molecule has 2 saturated carbocycles. The van der Waals surface area contributed by atoms with Crippen LogP contribution in [0.4, 0.5) is 13.2 Å². The lowest BCUT2D eigenvalue weighted by Gasteiger charge is -2.31. The molecule has 0 aliphatic heterocycles. The minimum atomic E-state index is -2.45. The first-order valence-electron chi connectivity index (χ1n) is 10.2. The zero-order valence-corrected chi connectivity index (χ0v) is 16.7. The van der Waals surface area contributed by atoms with E-state index in [0.29, 0.717) is 24.8 Å². The Balaban J connectivity index is 1.34. The minimum Gasteiger partial charge on any atom is -0.349 e. The van der Waals surface area contributed by atoms with Gasteiger partial charge in [-0.2, -0.15) is 0 Å². The van der Waals surface area contributed by atoms with Crippen molar-refractivity contribution in [3.05, 3.63) is 34.6 Å². The fourth-order valence-electron chi connectivity index (χ4n) is 4.28. The Labute approximate surface area is 169 Å². The Morgan fingerprint density at radius 1 is 1.04 bits per heavy atom. The predicted molar refractivity (Wildman–Crippen MR) is 104 cm³/mol. The summed E-state index contributed by atoms with van der Waals surface area (Å²) < 4.78 is 39.8. The molecule has 0 heterocycles. The average molecular weight is 417 g/mol. The standard InChI is InChI=1S/C21H28ClF3N2O/c22-16-11-15(12-17(23)13-16)20(28)27-19-3-1-18(2-4-19)26-10-7-14-5-8-21(24,25)9-6-14/h11-14,18-19,26H,1-10H2,(H,27,28). The molecule has 0 saturated heterocycles. The Morgan fingerprint density at radius 2 is 1.68 bits per heavy atom. The average Bonchev–Trinajstić information content (AvgIpc) is 2.64. The summed E-state index contributed by atoms with van der Waals surface area (Å²) in [5.74, 6) is -2.87. The number of halogens is 4. The van der Waals surface area contributed by atoms with Crippen molar-refractivity contribution >= 4 is 17.5 Å². The highest BCUT2D eigenvalue weighted by molar-refractivity contribution is 6.31. The van der Waals surface area contributed by atoms with Gasteiger partial charge in [0.05, 0.1) is 0 Å². The van der Waals surface area contributed by atoms with E-state index in [2.05, 4.69) is 10.6 Å². The van der Waals surface area contributed by atoms with Crippen molar-refractivity contribution in [2.45, 2.75) is 75.8 Å². The first-order chi connectivity index (χ1) is 13.3. The van der Waals surface area contributed by atoms with Crippen LogP contribution in [0.3, 0.4) is 0 Å². The molecule has 1 amide bonds. The van der Waals surface area contributed by atoms with E-state index in [1.807, 2.05) is 0 Å². The molecular weight excluding hydrogens is 389 g/mol. The van der Waals surface area contributed by atoms with E-state index in [0.717, 1.165) is 38.6 Å². The van der Waals surface area contributed by atoms with Gasteiger partial charge in [-0.05, 0) is 75.6 Å². The molecule has 1 aromatic rings. The second-order valence-corrected chi connectivity index (χ2v) is 8.66. The summed E-state index contributed by atoms with van der Waals surface area (Å²) in [5, 5.41) is 6.71. The molecule has 156 valence electrons. The summed E-state index contributed by atoms with van der Waals surface area (Å²) in [5.41, 5.74) is 0.239. The number of carbonyl (C=O) groups excluding carboxylic acids is 1. The number of benzene rings is 1. The fraction of sp³-hybridized carbons (Fsp3) is 0.667. The first-order valence-corrected chi connectivity index (χ1v) is 10.6. The lowest BCUT2D eigenvalue weighted by atomic mass is 9.84. The molecule has 1 aromatic carbocycles. The Hall–Kier alpha value is -1.27. The van der Waals surface area contributed by atoms with Crippen LogP contribution in [-0.4, -0.2) is 30.5 Å². The van der Waals surface area contributed by atoms with Gasteiger partial charge in [0.2, 0.25) is 5.92 Å². The minimum absolute atomic E-state index is 0.0268.